The minimum absolute atomic E-state index is 0.108. The molecule has 98 valence electrons. The summed E-state index contributed by atoms with van der Waals surface area (Å²) in [6, 6.07) is 4.88. The predicted octanol–water partition coefficient (Wildman–Crippen LogP) is 0.136. The van der Waals surface area contributed by atoms with Crippen LogP contribution >= 0.6 is 0 Å². The second-order valence-electron chi connectivity index (χ2n) is 3.48. The molecule has 18 heavy (non-hydrogen) atoms. The highest BCUT2D eigenvalue weighted by Gasteiger charge is 2.09. The van der Waals surface area contributed by atoms with E-state index in [0.717, 1.165) is 0 Å². The lowest BCUT2D eigenvalue weighted by Crippen LogP contribution is -2.22. The molecule has 0 radical (unpaired) electrons. The van der Waals surface area contributed by atoms with Gasteiger partial charge in [0.2, 0.25) is 0 Å². The SMILES string of the molecule is CNC(=O)c1ccc(N)cc1NCCOC(N)=O. The number of primary amides is 1. The van der Waals surface area contributed by atoms with Crippen molar-refractivity contribution in [1.29, 1.82) is 0 Å². The van der Waals surface area contributed by atoms with E-state index in [1.807, 2.05) is 0 Å². The van der Waals surface area contributed by atoms with Crippen molar-refractivity contribution in [2.45, 2.75) is 0 Å². The molecule has 0 heterocycles. The van der Waals surface area contributed by atoms with Gasteiger partial charge in [-0.2, -0.15) is 0 Å². The minimum Gasteiger partial charge on any atom is -0.448 e. The Kier molecular flexibility index (Phi) is 4.79. The molecule has 1 aromatic rings. The van der Waals surface area contributed by atoms with E-state index in [4.69, 9.17) is 11.5 Å². The summed E-state index contributed by atoms with van der Waals surface area (Å²) < 4.78 is 4.57. The van der Waals surface area contributed by atoms with E-state index in [1.165, 1.54) is 0 Å². The number of anilines is 2. The molecule has 0 bridgehead atoms. The maximum atomic E-state index is 11.6. The van der Waals surface area contributed by atoms with Crippen LogP contribution in [0.25, 0.3) is 0 Å². The first-order chi connectivity index (χ1) is 8.54. The summed E-state index contributed by atoms with van der Waals surface area (Å²) in [4.78, 5) is 22.0. The molecule has 0 saturated carbocycles. The summed E-state index contributed by atoms with van der Waals surface area (Å²) in [5.41, 5.74) is 12.0. The van der Waals surface area contributed by atoms with Gasteiger partial charge in [0, 0.05) is 25.0 Å². The van der Waals surface area contributed by atoms with Crippen molar-refractivity contribution in [3.8, 4) is 0 Å². The molecule has 1 aromatic carbocycles. The molecular formula is C11H16N4O3. The van der Waals surface area contributed by atoms with Gasteiger partial charge in [-0.3, -0.25) is 4.79 Å². The lowest BCUT2D eigenvalue weighted by Gasteiger charge is -2.11. The quantitative estimate of drug-likeness (QED) is 0.439. The van der Waals surface area contributed by atoms with Crippen molar-refractivity contribution in [3.63, 3.8) is 0 Å². The van der Waals surface area contributed by atoms with Crippen LogP contribution in [0.15, 0.2) is 18.2 Å². The summed E-state index contributed by atoms with van der Waals surface area (Å²) in [5.74, 6) is -0.228. The third kappa shape index (κ3) is 3.85. The van der Waals surface area contributed by atoms with Crippen LogP contribution in [-0.2, 0) is 4.74 Å². The number of hydrogen-bond acceptors (Lipinski definition) is 5. The van der Waals surface area contributed by atoms with Crippen molar-refractivity contribution in [2.24, 2.45) is 5.73 Å². The largest absolute Gasteiger partial charge is 0.448 e. The van der Waals surface area contributed by atoms with E-state index in [1.54, 1.807) is 25.2 Å². The lowest BCUT2D eigenvalue weighted by atomic mass is 10.1. The summed E-state index contributed by atoms with van der Waals surface area (Å²) in [7, 11) is 1.54. The molecule has 7 nitrogen and oxygen atoms in total. The zero-order valence-electron chi connectivity index (χ0n) is 10.0. The molecule has 0 spiro atoms. The zero-order chi connectivity index (χ0) is 13.5. The molecule has 0 aliphatic heterocycles. The Labute approximate surface area is 104 Å². The van der Waals surface area contributed by atoms with Crippen molar-refractivity contribution in [3.05, 3.63) is 23.8 Å². The molecule has 7 heteroatoms. The van der Waals surface area contributed by atoms with E-state index < -0.39 is 6.09 Å². The highest BCUT2D eigenvalue weighted by atomic mass is 16.5. The standard InChI is InChI=1S/C11H16N4O3/c1-14-10(16)8-3-2-7(12)6-9(8)15-4-5-18-11(13)17/h2-3,6,15H,4-5,12H2,1H3,(H2,13,17)(H,14,16). The number of nitrogen functional groups attached to an aromatic ring is 1. The molecule has 0 atom stereocenters. The van der Waals surface area contributed by atoms with E-state index in [2.05, 4.69) is 15.4 Å². The number of carbonyl (C=O) groups is 2. The Morgan fingerprint density at radius 3 is 2.72 bits per heavy atom. The van der Waals surface area contributed by atoms with Crippen LogP contribution in [0.1, 0.15) is 10.4 Å². The first-order valence-corrected chi connectivity index (χ1v) is 5.32. The normalized spacial score (nSPS) is 9.61. The van der Waals surface area contributed by atoms with Gasteiger partial charge in [-0.05, 0) is 18.2 Å². The highest BCUT2D eigenvalue weighted by molar-refractivity contribution is 6.00. The van der Waals surface area contributed by atoms with Crippen molar-refractivity contribution in [2.75, 3.05) is 31.2 Å². The Balaban J connectivity index is 2.70. The third-order valence-corrected chi connectivity index (χ3v) is 2.18. The fourth-order valence-electron chi connectivity index (χ4n) is 1.38. The zero-order valence-corrected chi connectivity index (χ0v) is 10.0. The van der Waals surface area contributed by atoms with Crippen LogP contribution in [0.2, 0.25) is 0 Å². The Hall–Kier alpha value is -2.44. The van der Waals surface area contributed by atoms with Crippen LogP contribution in [0.4, 0.5) is 16.2 Å². The number of carbonyl (C=O) groups excluding carboxylic acids is 2. The summed E-state index contributed by atoms with van der Waals surface area (Å²) in [6.07, 6.45) is -0.837. The number of nitrogens with two attached hydrogens (primary N) is 2. The summed E-state index contributed by atoms with van der Waals surface area (Å²) >= 11 is 0. The Morgan fingerprint density at radius 2 is 2.11 bits per heavy atom. The average Bonchev–Trinajstić information content (AvgIpc) is 2.33. The average molecular weight is 252 g/mol. The van der Waals surface area contributed by atoms with Gasteiger partial charge >= 0.3 is 6.09 Å². The van der Waals surface area contributed by atoms with Gasteiger partial charge in [0.05, 0.1) is 5.56 Å². The molecule has 0 aromatic heterocycles. The van der Waals surface area contributed by atoms with Gasteiger partial charge in [0.25, 0.3) is 5.91 Å². The van der Waals surface area contributed by atoms with E-state index in [9.17, 15) is 9.59 Å². The van der Waals surface area contributed by atoms with Crippen LogP contribution in [0.5, 0.6) is 0 Å². The third-order valence-electron chi connectivity index (χ3n) is 2.18. The Bertz CT molecular complexity index is 448. The Morgan fingerprint density at radius 1 is 1.39 bits per heavy atom. The first-order valence-electron chi connectivity index (χ1n) is 5.32. The molecule has 0 fully saturated rings. The van der Waals surface area contributed by atoms with Crippen LogP contribution in [0, 0.1) is 0 Å². The van der Waals surface area contributed by atoms with Gasteiger partial charge in [-0.25, -0.2) is 4.79 Å². The van der Waals surface area contributed by atoms with Gasteiger partial charge in [0.15, 0.2) is 0 Å². The number of rotatable bonds is 5. The van der Waals surface area contributed by atoms with Crippen molar-refractivity contribution < 1.29 is 14.3 Å². The molecule has 0 saturated heterocycles. The monoisotopic (exact) mass is 252 g/mol. The molecule has 6 N–H and O–H groups in total. The summed E-state index contributed by atoms with van der Waals surface area (Å²) in [5, 5.41) is 5.48. The first kappa shape index (κ1) is 13.6. The number of ether oxygens (including phenoxy) is 1. The lowest BCUT2D eigenvalue weighted by molar-refractivity contribution is 0.0963. The fourth-order valence-corrected chi connectivity index (χ4v) is 1.38. The number of amides is 2. The van der Waals surface area contributed by atoms with Crippen LogP contribution < -0.4 is 22.1 Å². The smallest absolute Gasteiger partial charge is 0.404 e. The highest BCUT2D eigenvalue weighted by Crippen LogP contribution is 2.18. The number of benzene rings is 1. The molecular weight excluding hydrogens is 236 g/mol. The molecule has 1 rings (SSSR count). The van der Waals surface area contributed by atoms with Crippen LogP contribution in [-0.4, -0.2) is 32.2 Å². The maximum Gasteiger partial charge on any atom is 0.404 e. The van der Waals surface area contributed by atoms with E-state index in [0.29, 0.717) is 23.5 Å². The fraction of sp³-hybridized carbons (Fsp3) is 0.273. The minimum atomic E-state index is -0.837. The predicted molar refractivity (Wildman–Crippen MR) is 68.3 cm³/mol. The van der Waals surface area contributed by atoms with Crippen LogP contribution in [0.3, 0.4) is 0 Å². The van der Waals surface area contributed by atoms with Gasteiger partial charge in [-0.15, -0.1) is 0 Å². The molecule has 0 aliphatic carbocycles. The second-order valence-corrected chi connectivity index (χ2v) is 3.48. The van der Waals surface area contributed by atoms with E-state index >= 15 is 0 Å². The van der Waals surface area contributed by atoms with Crippen molar-refractivity contribution in [1.82, 2.24) is 5.32 Å². The number of nitrogens with one attached hydrogen (secondary N) is 2. The maximum absolute atomic E-state index is 11.6. The van der Waals surface area contributed by atoms with Gasteiger partial charge < -0.3 is 26.8 Å². The van der Waals surface area contributed by atoms with Crippen molar-refractivity contribution >= 4 is 23.4 Å². The second kappa shape index (κ2) is 6.33. The number of hydrogen-bond donors (Lipinski definition) is 4. The van der Waals surface area contributed by atoms with E-state index in [-0.39, 0.29) is 12.5 Å². The summed E-state index contributed by atoms with van der Waals surface area (Å²) in [6.45, 7) is 0.438. The molecule has 0 unspecified atom stereocenters. The van der Waals surface area contributed by atoms with Gasteiger partial charge in [-0.1, -0.05) is 0 Å². The topological polar surface area (TPSA) is 119 Å². The molecule has 0 aliphatic rings. The van der Waals surface area contributed by atoms with Gasteiger partial charge in [0.1, 0.15) is 6.61 Å². The molecule has 2 amide bonds.